The lowest BCUT2D eigenvalue weighted by Gasteiger charge is -2.22. The molecular weight excluding hydrogens is 396 g/mol. The molecule has 9 heteroatoms. The number of hydrogen-bond donors (Lipinski definition) is 1. The third-order valence-corrected chi connectivity index (χ3v) is 7.65. The number of aromatic nitrogens is 1. The van der Waals surface area contributed by atoms with Gasteiger partial charge in [0.25, 0.3) is 5.91 Å². The maximum absolute atomic E-state index is 13.1. The van der Waals surface area contributed by atoms with E-state index >= 15 is 0 Å². The average molecular weight is 423 g/mol. The van der Waals surface area contributed by atoms with Gasteiger partial charge in [-0.2, -0.15) is 0 Å². The molecule has 1 fully saturated rings. The van der Waals surface area contributed by atoms with Crippen LogP contribution in [-0.4, -0.2) is 57.4 Å². The molecular formula is C19H26N4O3S2. The van der Waals surface area contributed by atoms with Crippen molar-refractivity contribution in [1.82, 2.24) is 14.6 Å². The molecule has 28 heavy (non-hydrogen) atoms. The number of amides is 1. The van der Waals surface area contributed by atoms with E-state index in [1.54, 1.807) is 29.2 Å². The fraction of sp³-hybridized carbons (Fsp3) is 0.474. The quantitative estimate of drug-likeness (QED) is 0.818. The first-order chi connectivity index (χ1) is 13.2. The van der Waals surface area contributed by atoms with Crippen molar-refractivity contribution in [2.75, 3.05) is 38.1 Å². The summed E-state index contributed by atoms with van der Waals surface area (Å²) in [6.07, 6.45) is 0.844. The number of nitrogens with one attached hydrogen (secondary N) is 1. The molecule has 0 spiro atoms. The predicted octanol–water partition coefficient (Wildman–Crippen LogP) is 2.33. The van der Waals surface area contributed by atoms with Gasteiger partial charge in [0.15, 0.2) is 5.13 Å². The van der Waals surface area contributed by atoms with Gasteiger partial charge in [0.05, 0.1) is 10.6 Å². The van der Waals surface area contributed by atoms with Gasteiger partial charge >= 0.3 is 0 Å². The number of thiazole rings is 1. The van der Waals surface area contributed by atoms with Crippen LogP contribution in [0.3, 0.4) is 0 Å². The Balaban J connectivity index is 1.82. The summed E-state index contributed by atoms with van der Waals surface area (Å²) in [5.74, 6) is -0.132. The number of carbonyl (C=O) groups is 1. The average Bonchev–Trinajstić information content (AvgIpc) is 2.95. The van der Waals surface area contributed by atoms with E-state index in [2.05, 4.69) is 14.6 Å². The van der Waals surface area contributed by atoms with Crippen molar-refractivity contribution in [2.45, 2.75) is 32.1 Å². The van der Waals surface area contributed by atoms with E-state index in [-0.39, 0.29) is 10.8 Å². The van der Waals surface area contributed by atoms with Crippen LogP contribution < -0.4 is 9.62 Å². The van der Waals surface area contributed by atoms with Gasteiger partial charge in [-0.05, 0) is 57.5 Å². The Hall–Kier alpha value is -1.97. The Morgan fingerprint density at radius 2 is 1.89 bits per heavy atom. The first-order valence-electron chi connectivity index (χ1n) is 9.24. The molecule has 0 saturated carbocycles. The number of sulfonamides is 1. The van der Waals surface area contributed by atoms with E-state index in [0.29, 0.717) is 30.8 Å². The summed E-state index contributed by atoms with van der Waals surface area (Å²) in [5.41, 5.74) is 2.86. The molecule has 152 valence electrons. The lowest BCUT2D eigenvalue weighted by molar-refractivity contribution is 0.0766. The van der Waals surface area contributed by atoms with Crippen LogP contribution >= 0.6 is 11.3 Å². The second kappa shape index (κ2) is 8.18. The first-order valence-corrected chi connectivity index (χ1v) is 11.6. The number of aryl methyl sites for hydroxylation is 2. The van der Waals surface area contributed by atoms with Gasteiger partial charge in [-0.3, -0.25) is 4.79 Å². The lowest BCUT2D eigenvalue weighted by Crippen LogP contribution is -2.35. The van der Waals surface area contributed by atoms with Gasteiger partial charge in [-0.15, -0.1) is 11.3 Å². The highest BCUT2D eigenvalue weighted by Gasteiger charge is 2.24. The summed E-state index contributed by atoms with van der Waals surface area (Å²) in [6, 6.07) is 3.27. The lowest BCUT2D eigenvalue weighted by atomic mass is 10.1. The molecule has 2 heterocycles. The molecule has 0 radical (unpaired) electrons. The Kier molecular flexibility index (Phi) is 6.07. The van der Waals surface area contributed by atoms with Crippen molar-refractivity contribution in [3.63, 3.8) is 0 Å². The third-order valence-electron chi connectivity index (χ3n) is 5.09. The number of carbonyl (C=O) groups excluding carboxylic acids is 1. The van der Waals surface area contributed by atoms with Crippen molar-refractivity contribution in [3.05, 3.63) is 39.9 Å². The second-order valence-corrected chi connectivity index (χ2v) is 9.72. The molecule has 1 aromatic heterocycles. The van der Waals surface area contributed by atoms with Crippen molar-refractivity contribution >= 4 is 32.4 Å². The standard InChI is InChI=1S/C19H26N4O3S2/c1-13-10-16(11-17(15(13)3)28(25,26)20-4)18(24)22-6-5-7-23(9-8-22)19-21-14(2)12-27-19/h10-12,20H,5-9H2,1-4H3. The summed E-state index contributed by atoms with van der Waals surface area (Å²) in [4.78, 5) is 21.8. The number of nitrogens with zero attached hydrogens (tertiary/aromatic N) is 3. The summed E-state index contributed by atoms with van der Waals surface area (Å²) >= 11 is 1.62. The summed E-state index contributed by atoms with van der Waals surface area (Å²) in [7, 11) is -2.25. The van der Waals surface area contributed by atoms with Crippen LogP contribution in [0.2, 0.25) is 0 Å². The number of benzene rings is 1. The van der Waals surface area contributed by atoms with E-state index in [0.717, 1.165) is 29.4 Å². The smallest absolute Gasteiger partial charge is 0.253 e. The highest BCUT2D eigenvalue weighted by Crippen LogP contribution is 2.24. The molecule has 0 unspecified atom stereocenters. The SMILES string of the molecule is CNS(=O)(=O)c1cc(C(=O)N2CCCN(c3nc(C)cs3)CC2)cc(C)c1C. The number of hydrogen-bond acceptors (Lipinski definition) is 6. The molecule has 1 aliphatic rings. The Bertz CT molecular complexity index is 985. The van der Waals surface area contributed by atoms with E-state index in [1.165, 1.54) is 13.1 Å². The topological polar surface area (TPSA) is 82.6 Å². The van der Waals surface area contributed by atoms with Crippen LogP contribution in [0.15, 0.2) is 22.4 Å². The fourth-order valence-electron chi connectivity index (χ4n) is 3.32. The van der Waals surface area contributed by atoms with Crippen molar-refractivity contribution < 1.29 is 13.2 Å². The second-order valence-electron chi connectivity index (χ2n) is 7.03. The molecule has 1 aliphatic heterocycles. The molecule has 0 aliphatic carbocycles. The van der Waals surface area contributed by atoms with E-state index in [4.69, 9.17) is 0 Å². The normalized spacial score (nSPS) is 15.6. The first kappa shape index (κ1) is 20.8. The van der Waals surface area contributed by atoms with Gasteiger partial charge in [0.1, 0.15) is 0 Å². The maximum atomic E-state index is 13.1. The zero-order valence-electron chi connectivity index (χ0n) is 16.7. The van der Waals surface area contributed by atoms with Crippen LogP contribution in [0, 0.1) is 20.8 Å². The molecule has 0 atom stereocenters. The van der Waals surface area contributed by atoms with Gasteiger partial charge in [-0.1, -0.05) is 0 Å². The summed E-state index contributed by atoms with van der Waals surface area (Å²) in [6.45, 7) is 8.35. The van der Waals surface area contributed by atoms with Gasteiger partial charge in [0, 0.05) is 37.1 Å². The highest BCUT2D eigenvalue weighted by molar-refractivity contribution is 7.89. The molecule has 1 saturated heterocycles. The van der Waals surface area contributed by atoms with Crippen LogP contribution in [0.5, 0.6) is 0 Å². The number of anilines is 1. The molecule has 2 aromatic rings. The fourth-order valence-corrected chi connectivity index (χ4v) is 5.24. The zero-order valence-corrected chi connectivity index (χ0v) is 18.3. The summed E-state index contributed by atoms with van der Waals surface area (Å²) < 4.78 is 27.0. The van der Waals surface area contributed by atoms with Crippen LogP contribution in [0.25, 0.3) is 0 Å². The van der Waals surface area contributed by atoms with E-state index in [9.17, 15) is 13.2 Å². The van der Waals surface area contributed by atoms with Crippen molar-refractivity contribution in [1.29, 1.82) is 0 Å². The largest absolute Gasteiger partial charge is 0.346 e. The van der Waals surface area contributed by atoms with Gasteiger partial charge in [0.2, 0.25) is 10.0 Å². The monoisotopic (exact) mass is 422 g/mol. The Labute approximate surface area is 170 Å². The number of rotatable bonds is 4. The molecule has 1 N–H and O–H groups in total. The highest BCUT2D eigenvalue weighted by atomic mass is 32.2. The van der Waals surface area contributed by atoms with E-state index in [1.807, 2.05) is 19.2 Å². The Morgan fingerprint density at radius 1 is 1.14 bits per heavy atom. The molecule has 7 nitrogen and oxygen atoms in total. The minimum atomic E-state index is -3.62. The van der Waals surface area contributed by atoms with Gasteiger partial charge in [-0.25, -0.2) is 18.1 Å². The Morgan fingerprint density at radius 3 is 2.54 bits per heavy atom. The summed E-state index contributed by atoms with van der Waals surface area (Å²) in [5, 5.41) is 3.02. The zero-order chi connectivity index (χ0) is 20.5. The molecule has 3 rings (SSSR count). The van der Waals surface area contributed by atoms with Crippen LogP contribution in [-0.2, 0) is 10.0 Å². The van der Waals surface area contributed by atoms with Crippen molar-refractivity contribution in [2.24, 2.45) is 0 Å². The van der Waals surface area contributed by atoms with E-state index < -0.39 is 10.0 Å². The third kappa shape index (κ3) is 4.21. The molecule has 1 amide bonds. The van der Waals surface area contributed by atoms with Crippen LogP contribution in [0.1, 0.15) is 33.6 Å². The minimum absolute atomic E-state index is 0.132. The molecule has 1 aromatic carbocycles. The van der Waals surface area contributed by atoms with Gasteiger partial charge < -0.3 is 9.80 Å². The van der Waals surface area contributed by atoms with Crippen molar-refractivity contribution in [3.8, 4) is 0 Å². The predicted molar refractivity (Wildman–Crippen MR) is 112 cm³/mol. The van der Waals surface area contributed by atoms with Crippen LogP contribution in [0.4, 0.5) is 5.13 Å². The maximum Gasteiger partial charge on any atom is 0.253 e. The molecule has 0 bridgehead atoms. The minimum Gasteiger partial charge on any atom is -0.346 e.